The first-order valence-corrected chi connectivity index (χ1v) is 8.84. The van der Waals surface area contributed by atoms with Gasteiger partial charge in [-0.3, -0.25) is 0 Å². The maximum Gasteiger partial charge on any atom is 0.214 e. The van der Waals surface area contributed by atoms with Crippen molar-refractivity contribution in [3.8, 4) is 0 Å². The van der Waals surface area contributed by atoms with Gasteiger partial charge in [0.1, 0.15) is 0 Å². The van der Waals surface area contributed by atoms with Crippen molar-refractivity contribution in [1.82, 2.24) is 9.29 Å². The number of halogens is 1. The van der Waals surface area contributed by atoms with Crippen LogP contribution >= 0.6 is 0 Å². The van der Waals surface area contributed by atoms with E-state index >= 15 is 0 Å². The molecule has 0 bridgehead atoms. The zero-order chi connectivity index (χ0) is 15.5. The van der Waals surface area contributed by atoms with E-state index < -0.39 is 10.0 Å². The molecule has 1 aromatic heterocycles. The Hall–Kier alpha value is -1.21. The molecule has 5 nitrogen and oxygen atoms in total. The number of sulfonamides is 1. The van der Waals surface area contributed by atoms with Crippen molar-refractivity contribution in [3.63, 3.8) is 0 Å². The Labute approximate surface area is 125 Å². The molecule has 0 unspecified atom stereocenters. The van der Waals surface area contributed by atoms with E-state index in [4.69, 9.17) is 0 Å². The average Bonchev–Trinajstić information content (AvgIpc) is 2.40. The standard InChI is InChI=1S/C14H22FN3O2S/c1-11(2)10-21(19,20)18-8-5-12(6-9-18)17-14-13(15)4-3-7-16-14/h3-4,7,11-12H,5-6,8-10H2,1-2H3,(H,16,17). The Bertz CT molecular complexity index is 569. The topological polar surface area (TPSA) is 62.3 Å². The Kier molecular flexibility index (Phi) is 5.16. The zero-order valence-electron chi connectivity index (χ0n) is 12.4. The molecule has 0 atom stereocenters. The van der Waals surface area contributed by atoms with Crippen LogP contribution in [-0.2, 0) is 10.0 Å². The van der Waals surface area contributed by atoms with Gasteiger partial charge in [-0.1, -0.05) is 13.8 Å². The van der Waals surface area contributed by atoms with Crippen LogP contribution in [0.3, 0.4) is 0 Å². The molecule has 1 aliphatic rings. The molecule has 0 aromatic carbocycles. The molecule has 7 heteroatoms. The quantitative estimate of drug-likeness (QED) is 0.904. The molecular formula is C14H22FN3O2S. The Balaban J connectivity index is 1.90. The van der Waals surface area contributed by atoms with Gasteiger partial charge in [0.25, 0.3) is 0 Å². The number of nitrogens with zero attached hydrogens (tertiary/aromatic N) is 2. The first-order chi connectivity index (χ1) is 9.88. The molecule has 2 heterocycles. The molecule has 118 valence electrons. The second kappa shape index (κ2) is 6.70. The number of piperidine rings is 1. The van der Waals surface area contributed by atoms with Crippen molar-refractivity contribution >= 4 is 15.8 Å². The van der Waals surface area contributed by atoms with Crippen molar-refractivity contribution < 1.29 is 12.8 Å². The van der Waals surface area contributed by atoms with Crippen LogP contribution in [0.2, 0.25) is 0 Å². The minimum Gasteiger partial charge on any atom is -0.365 e. The molecule has 2 rings (SSSR count). The van der Waals surface area contributed by atoms with Gasteiger partial charge in [0.2, 0.25) is 10.0 Å². The molecule has 1 aromatic rings. The first kappa shape index (κ1) is 16.2. The second-order valence-electron chi connectivity index (χ2n) is 5.82. The van der Waals surface area contributed by atoms with Gasteiger partial charge >= 0.3 is 0 Å². The fraction of sp³-hybridized carbons (Fsp3) is 0.643. The molecule has 0 saturated carbocycles. The summed E-state index contributed by atoms with van der Waals surface area (Å²) in [4.78, 5) is 3.96. The van der Waals surface area contributed by atoms with Gasteiger partial charge < -0.3 is 5.32 Å². The lowest BCUT2D eigenvalue weighted by molar-refractivity contribution is 0.327. The van der Waals surface area contributed by atoms with Crippen LogP contribution in [0.4, 0.5) is 10.2 Å². The highest BCUT2D eigenvalue weighted by Crippen LogP contribution is 2.20. The molecule has 0 aliphatic carbocycles. The molecule has 1 fully saturated rings. The van der Waals surface area contributed by atoms with Gasteiger partial charge in [-0.15, -0.1) is 0 Å². The van der Waals surface area contributed by atoms with E-state index in [2.05, 4.69) is 10.3 Å². The van der Waals surface area contributed by atoms with Gasteiger partial charge in [0.05, 0.1) is 5.75 Å². The number of aromatic nitrogens is 1. The highest BCUT2D eigenvalue weighted by Gasteiger charge is 2.28. The predicted octanol–water partition coefficient (Wildman–Crippen LogP) is 2.08. The molecule has 1 saturated heterocycles. The second-order valence-corrected chi connectivity index (χ2v) is 7.84. The molecule has 0 radical (unpaired) electrons. The summed E-state index contributed by atoms with van der Waals surface area (Å²) in [6.45, 7) is 4.74. The first-order valence-electron chi connectivity index (χ1n) is 7.23. The number of pyridine rings is 1. The molecule has 0 spiro atoms. The van der Waals surface area contributed by atoms with E-state index in [9.17, 15) is 12.8 Å². The minimum atomic E-state index is -3.17. The molecular weight excluding hydrogens is 293 g/mol. The van der Waals surface area contributed by atoms with Crippen molar-refractivity contribution in [1.29, 1.82) is 0 Å². The van der Waals surface area contributed by atoms with Gasteiger partial charge in [0.15, 0.2) is 11.6 Å². The van der Waals surface area contributed by atoms with E-state index in [0.29, 0.717) is 25.9 Å². The van der Waals surface area contributed by atoms with Crippen LogP contribution in [0, 0.1) is 11.7 Å². The van der Waals surface area contributed by atoms with Gasteiger partial charge in [-0.05, 0) is 30.9 Å². The van der Waals surface area contributed by atoms with Crippen molar-refractivity contribution in [2.75, 3.05) is 24.2 Å². The predicted molar refractivity (Wildman–Crippen MR) is 81.0 cm³/mol. The summed E-state index contributed by atoms with van der Waals surface area (Å²) in [7, 11) is -3.17. The third-order valence-electron chi connectivity index (χ3n) is 3.49. The number of anilines is 1. The monoisotopic (exact) mass is 315 g/mol. The molecule has 1 N–H and O–H groups in total. The number of hydrogen-bond acceptors (Lipinski definition) is 4. The van der Waals surface area contributed by atoms with Crippen molar-refractivity contribution in [3.05, 3.63) is 24.1 Å². The van der Waals surface area contributed by atoms with Crippen LogP contribution < -0.4 is 5.32 Å². The highest BCUT2D eigenvalue weighted by molar-refractivity contribution is 7.89. The van der Waals surface area contributed by atoms with Crippen molar-refractivity contribution in [2.45, 2.75) is 32.7 Å². The van der Waals surface area contributed by atoms with Gasteiger partial charge in [0, 0.05) is 25.3 Å². The van der Waals surface area contributed by atoms with Crippen LogP contribution in [0.1, 0.15) is 26.7 Å². The lowest BCUT2D eigenvalue weighted by Crippen LogP contribution is -2.44. The molecule has 1 aliphatic heterocycles. The Morgan fingerprint density at radius 3 is 2.67 bits per heavy atom. The number of rotatable bonds is 5. The van der Waals surface area contributed by atoms with Crippen LogP contribution in [-0.4, -0.2) is 42.6 Å². The summed E-state index contributed by atoms with van der Waals surface area (Å²) < 4.78 is 39.4. The summed E-state index contributed by atoms with van der Waals surface area (Å²) in [5, 5.41) is 3.05. The molecule has 0 amide bonds. The third-order valence-corrected chi connectivity index (χ3v) is 5.73. The number of hydrogen-bond donors (Lipinski definition) is 1. The van der Waals surface area contributed by atoms with Crippen LogP contribution in [0.25, 0.3) is 0 Å². The summed E-state index contributed by atoms with van der Waals surface area (Å²) >= 11 is 0. The van der Waals surface area contributed by atoms with Crippen LogP contribution in [0.5, 0.6) is 0 Å². The fourth-order valence-electron chi connectivity index (χ4n) is 2.49. The Morgan fingerprint density at radius 2 is 2.10 bits per heavy atom. The smallest absolute Gasteiger partial charge is 0.214 e. The largest absolute Gasteiger partial charge is 0.365 e. The van der Waals surface area contributed by atoms with Crippen LogP contribution in [0.15, 0.2) is 18.3 Å². The lowest BCUT2D eigenvalue weighted by atomic mass is 10.1. The normalized spacial score (nSPS) is 18.1. The number of nitrogens with one attached hydrogen (secondary N) is 1. The van der Waals surface area contributed by atoms with Gasteiger partial charge in [-0.25, -0.2) is 22.1 Å². The summed E-state index contributed by atoms with van der Waals surface area (Å²) in [6, 6.07) is 2.96. The highest BCUT2D eigenvalue weighted by atomic mass is 32.2. The summed E-state index contributed by atoms with van der Waals surface area (Å²) in [5.41, 5.74) is 0. The maximum absolute atomic E-state index is 13.5. The SMILES string of the molecule is CC(C)CS(=O)(=O)N1CCC(Nc2ncccc2F)CC1. The van der Waals surface area contributed by atoms with Gasteiger partial charge in [-0.2, -0.15) is 0 Å². The minimum absolute atomic E-state index is 0.0555. The lowest BCUT2D eigenvalue weighted by Gasteiger charge is -2.32. The van der Waals surface area contributed by atoms with E-state index in [1.807, 2.05) is 13.8 Å². The fourth-order valence-corrected chi connectivity index (χ4v) is 4.31. The zero-order valence-corrected chi connectivity index (χ0v) is 13.2. The van der Waals surface area contributed by atoms with Crippen molar-refractivity contribution in [2.24, 2.45) is 5.92 Å². The Morgan fingerprint density at radius 1 is 1.43 bits per heavy atom. The summed E-state index contributed by atoms with van der Waals surface area (Å²) in [5.74, 6) is 0.154. The summed E-state index contributed by atoms with van der Waals surface area (Å²) in [6.07, 6.45) is 2.86. The third kappa shape index (κ3) is 4.38. The van der Waals surface area contributed by atoms with E-state index in [0.717, 1.165) is 0 Å². The van der Waals surface area contributed by atoms with E-state index in [1.165, 1.54) is 12.3 Å². The van der Waals surface area contributed by atoms with E-state index in [-0.39, 0.29) is 29.3 Å². The average molecular weight is 315 g/mol. The van der Waals surface area contributed by atoms with E-state index in [1.54, 1.807) is 10.4 Å². The molecule has 21 heavy (non-hydrogen) atoms. The maximum atomic E-state index is 13.5.